The summed E-state index contributed by atoms with van der Waals surface area (Å²) in [5.41, 5.74) is 3.15. The Morgan fingerprint density at radius 3 is 2.14 bits per heavy atom. The number of hydrogen-bond acceptors (Lipinski definition) is 2. The number of quaternary nitrogens is 1. The minimum atomic E-state index is -0.445. The van der Waals surface area contributed by atoms with E-state index in [2.05, 4.69) is 17.0 Å². The van der Waals surface area contributed by atoms with Crippen molar-refractivity contribution in [3.63, 3.8) is 0 Å². The highest BCUT2D eigenvalue weighted by Gasteiger charge is 2.35. The van der Waals surface area contributed by atoms with Crippen LogP contribution in [0.2, 0.25) is 5.02 Å². The quantitative estimate of drug-likeness (QED) is 0.401. The summed E-state index contributed by atoms with van der Waals surface area (Å²) in [6, 6.07) is 27.6. The number of hydrogen-bond donors (Lipinski definition) is 0. The summed E-state index contributed by atoms with van der Waals surface area (Å²) in [6.45, 7) is 1.77. The highest BCUT2D eigenvalue weighted by atomic mass is 35.5. The third kappa shape index (κ3) is 4.12. The number of benzene rings is 3. The van der Waals surface area contributed by atoms with Gasteiger partial charge in [0.15, 0.2) is 0 Å². The van der Waals surface area contributed by atoms with Gasteiger partial charge in [-0.05, 0) is 11.6 Å². The van der Waals surface area contributed by atoms with Crippen LogP contribution < -0.4 is 0 Å². The average Bonchev–Trinajstić information content (AvgIpc) is 2.72. The monoisotopic (exact) mass is 390 g/mol. The van der Waals surface area contributed by atoms with Gasteiger partial charge < -0.3 is 14.8 Å². The third-order valence-corrected chi connectivity index (χ3v) is 5.57. The zero-order valence-corrected chi connectivity index (χ0v) is 16.4. The van der Waals surface area contributed by atoms with E-state index >= 15 is 0 Å². The molecular formula is C24H23ClN2O. The standard InChI is InChI=1S/C24H23ClN2O/c25-23-14-8-7-13-22(23)24-18-26(17-20-9-3-1-4-10-20)15-16-27(24,28)19-21-11-5-2-6-12-21/h1-16,24H,17-19H2. The molecule has 0 spiro atoms. The van der Waals surface area contributed by atoms with Crippen LogP contribution in [0.5, 0.6) is 0 Å². The molecule has 0 saturated carbocycles. The Morgan fingerprint density at radius 2 is 1.46 bits per heavy atom. The van der Waals surface area contributed by atoms with Crippen LogP contribution in [-0.4, -0.2) is 16.1 Å². The van der Waals surface area contributed by atoms with Crippen molar-refractivity contribution >= 4 is 11.6 Å². The van der Waals surface area contributed by atoms with E-state index in [1.165, 1.54) is 5.56 Å². The molecule has 2 atom stereocenters. The highest BCUT2D eigenvalue weighted by molar-refractivity contribution is 6.31. The van der Waals surface area contributed by atoms with Gasteiger partial charge in [0.2, 0.25) is 0 Å². The molecule has 3 aromatic carbocycles. The summed E-state index contributed by atoms with van der Waals surface area (Å²) in [5, 5.41) is 14.6. The van der Waals surface area contributed by atoms with Gasteiger partial charge in [-0.25, -0.2) is 0 Å². The zero-order chi connectivity index (χ0) is 19.4. The fourth-order valence-corrected chi connectivity index (χ4v) is 4.04. The molecule has 3 aromatic rings. The molecule has 4 heteroatoms. The van der Waals surface area contributed by atoms with Crippen LogP contribution in [0, 0.1) is 5.21 Å². The maximum atomic E-state index is 13.9. The molecule has 1 aliphatic rings. The molecule has 28 heavy (non-hydrogen) atoms. The second-order valence-corrected chi connectivity index (χ2v) is 7.66. The van der Waals surface area contributed by atoms with E-state index in [4.69, 9.17) is 11.6 Å². The predicted molar refractivity (Wildman–Crippen MR) is 114 cm³/mol. The largest absolute Gasteiger partial charge is 0.627 e. The van der Waals surface area contributed by atoms with Gasteiger partial charge in [-0.2, -0.15) is 0 Å². The Kier molecular flexibility index (Phi) is 5.49. The van der Waals surface area contributed by atoms with Crippen molar-refractivity contribution in [3.05, 3.63) is 124 Å². The molecule has 0 aromatic heterocycles. The summed E-state index contributed by atoms with van der Waals surface area (Å²) in [5.74, 6) is 0. The van der Waals surface area contributed by atoms with Crippen molar-refractivity contribution in [2.75, 3.05) is 6.54 Å². The maximum absolute atomic E-state index is 13.9. The summed E-state index contributed by atoms with van der Waals surface area (Å²) in [4.78, 5) is 2.20. The second kappa shape index (κ2) is 8.19. The summed E-state index contributed by atoms with van der Waals surface area (Å²) >= 11 is 6.50. The Labute approximate surface area is 171 Å². The molecule has 0 aliphatic carbocycles. The SMILES string of the molecule is [O-][N+]1(Cc2ccccc2)C=CN(Cc2ccccc2)CC1c1ccccc1Cl. The van der Waals surface area contributed by atoms with E-state index < -0.39 is 4.65 Å². The smallest absolute Gasteiger partial charge is 0.138 e. The van der Waals surface area contributed by atoms with Crippen molar-refractivity contribution < 1.29 is 4.65 Å². The number of rotatable bonds is 5. The minimum absolute atomic E-state index is 0.289. The first-order valence-corrected chi connectivity index (χ1v) is 9.86. The van der Waals surface area contributed by atoms with Gasteiger partial charge in [0, 0.05) is 22.7 Å². The maximum Gasteiger partial charge on any atom is 0.138 e. The van der Waals surface area contributed by atoms with E-state index in [-0.39, 0.29) is 6.04 Å². The van der Waals surface area contributed by atoms with Crippen LogP contribution in [0.15, 0.2) is 97.3 Å². The fourth-order valence-electron chi connectivity index (χ4n) is 3.78. The lowest BCUT2D eigenvalue weighted by Crippen LogP contribution is -2.48. The topological polar surface area (TPSA) is 26.3 Å². The molecule has 142 valence electrons. The van der Waals surface area contributed by atoms with E-state index in [1.807, 2.05) is 79.0 Å². The van der Waals surface area contributed by atoms with Crippen molar-refractivity contribution in [1.82, 2.24) is 4.90 Å². The lowest BCUT2D eigenvalue weighted by Gasteiger charge is -2.50. The molecule has 4 rings (SSSR count). The lowest BCUT2D eigenvalue weighted by molar-refractivity contribution is -0.878. The first-order valence-electron chi connectivity index (χ1n) is 9.48. The van der Waals surface area contributed by atoms with E-state index in [1.54, 1.807) is 6.20 Å². The second-order valence-electron chi connectivity index (χ2n) is 7.25. The normalized spacial score (nSPS) is 21.6. The van der Waals surface area contributed by atoms with Crippen LogP contribution in [-0.2, 0) is 13.1 Å². The number of halogens is 1. The Hall–Kier alpha value is -2.59. The van der Waals surface area contributed by atoms with E-state index in [9.17, 15) is 5.21 Å². The first kappa shape index (κ1) is 18.8. The van der Waals surface area contributed by atoms with Gasteiger partial charge in [-0.3, -0.25) is 0 Å². The molecule has 0 bridgehead atoms. The van der Waals surface area contributed by atoms with Gasteiger partial charge in [0.05, 0.1) is 12.7 Å². The van der Waals surface area contributed by atoms with Crippen molar-refractivity contribution in [2.24, 2.45) is 0 Å². The van der Waals surface area contributed by atoms with Gasteiger partial charge in [-0.1, -0.05) is 90.5 Å². The average molecular weight is 391 g/mol. The number of hydroxylamine groups is 3. The molecule has 1 heterocycles. The van der Waals surface area contributed by atoms with Gasteiger partial charge in [-0.15, -0.1) is 0 Å². The molecule has 0 saturated heterocycles. The molecule has 1 aliphatic heterocycles. The van der Waals surface area contributed by atoms with Crippen molar-refractivity contribution in [1.29, 1.82) is 0 Å². The minimum Gasteiger partial charge on any atom is -0.627 e. The van der Waals surface area contributed by atoms with Crippen molar-refractivity contribution in [3.8, 4) is 0 Å². The molecular weight excluding hydrogens is 368 g/mol. The highest BCUT2D eigenvalue weighted by Crippen LogP contribution is 2.38. The Morgan fingerprint density at radius 1 is 0.857 bits per heavy atom. The summed E-state index contributed by atoms with van der Waals surface area (Å²) < 4.78 is -0.445. The fraction of sp³-hybridized carbons (Fsp3) is 0.167. The lowest BCUT2D eigenvalue weighted by atomic mass is 10.0. The van der Waals surface area contributed by atoms with Crippen LogP contribution in [0.25, 0.3) is 0 Å². The Bertz CT molecular complexity index is 945. The molecule has 3 nitrogen and oxygen atoms in total. The van der Waals surface area contributed by atoms with Gasteiger partial charge in [0.25, 0.3) is 0 Å². The zero-order valence-electron chi connectivity index (χ0n) is 15.6. The van der Waals surface area contributed by atoms with E-state index in [0.717, 1.165) is 17.7 Å². The van der Waals surface area contributed by atoms with Gasteiger partial charge in [0.1, 0.15) is 18.8 Å². The van der Waals surface area contributed by atoms with Crippen LogP contribution in [0.3, 0.4) is 0 Å². The Balaban J connectivity index is 1.67. The third-order valence-electron chi connectivity index (χ3n) is 5.23. The van der Waals surface area contributed by atoms with E-state index in [0.29, 0.717) is 18.1 Å². The summed E-state index contributed by atoms with van der Waals surface area (Å²) in [6.07, 6.45) is 3.71. The van der Waals surface area contributed by atoms with Crippen LogP contribution in [0.1, 0.15) is 22.7 Å². The molecule has 0 fully saturated rings. The first-order chi connectivity index (χ1) is 13.6. The van der Waals surface area contributed by atoms with Crippen molar-refractivity contribution in [2.45, 2.75) is 19.1 Å². The van der Waals surface area contributed by atoms with Gasteiger partial charge >= 0.3 is 0 Å². The number of nitrogens with zero attached hydrogens (tertiary/aromatic N) is 2. The van der Waals surface area contributed by atoms with Crippen LogP contribution >= 0.6 is 11.6 Å². The molecule has 0 amide bonds. The summed E-state index contributed by atoms with van der Waals surface area (Å²) in [7, 11) is 0. The molecule has 0 N–H and O–H groups in total. The molecule has 2 unspecified atom stereocenters. The predicted octanol–water partition coefficient (Wildman–Crippen LogP) is 5.88. The van der Waals surface area contributed by atoms with Crippen LogP contribution in [0.4, 0.5) is 0 Å². The molecule has 0 radical (unpaired) electrons.